The quantitative estimate of drug-likeness (QED) is 0.831. The lowest BCUT2D eigenvalue weighted by Gasteiger charge is -2.25. The zero-order chi connectivity index (χ0) is 14.4. The van der Waals surface area contributed by atoms with E-state index in [-0.39, 0.29) is 18.6 Å². The lowest BCUT2D eigenvalue weighted by molar-refractivity contribution is -0.148. The van der Waals surface area contributed by atoms with Crippen LogP contribution in [0, 0.1) is 0 Å². The van der Waals surface area contributed by atoms with E-state index >= 15 is 0 Å². The molecule has 0 fully saturated rings. The molecule has 1 heterocycles. The van der Waals surface area contributed by atoms with E-state index in [1.54, 1.807) is 18.4 Å². The Hall–Kier alpha value is -1.60. The summed E-state index contributed by atoms with van der Waals surface area (Å²) in [6.07, 6.45) is -1.03. The molecular formula is C12H18N2O4S. The summed E-state index contributed by atoms with van der Waals surface area (Å²) in [4.78, 5) is 25.2. The second-order valence-electron chi connectivity index (χ2n) is 4.05. The molecule has 0 aliphatic carbocycles. The maximum absolute atomic E-state index is 11.9. The Kier molecular flexibility index (Phi) is 5.78. The standard InChI is InChI=1S/C12H18N2O4S/c1-8(10-5-4-6-19-10)14(2)12(17)13-7-9(18-3)11(15)16/h4-6,8-9H,7H2,1-3H3,(H,13,17)(H,15,16). The normalized spacial score (nSPS) is 13.6. The van der Waals surface area contributed by atoms with Gasteiger partial charge in [-0.3, -0.25) is 0 Å². The number of urea groups is 1. The van der Waals surface area contributed by atoms with E-state index < -0.39 is 12.1 Å². The van der Waals surface area contributed by atoms with Gasteiger partial charge in [-0.25, -0.2) is 9.59 Å². The van der Waals surface area contributed by atoms with Crippen molar-refractivity contribution in [3.05, 3.63) is 22.4 Å². The molecule has 0 aliphatic rings. The highest BCUT2D eigenvalue weighted by molar-refractivity contribution is 7.10. The first-order chi connectivity index (χ1) is 8.97. The molecule has 1 rings (SSSR count). The van der Waals surface area contributed by atoms with E-state index in [1.807, 2.05) is 24.4 Å². The van der Waals surface area contributed by atoms with Crippen LogP contribution in [-0.2, 0) is 9.53 Å². The Labute approximate surface area is 116 Å². The van der Waals surface area contributed by atoms with Gasteiger partial charge < -0.3 is 20.1 Å². The molecule has 1 aromatic heterocycles. The zero-order valence-corrected chi connectivity index (χ0v) is 11.9. The Morgan fingerprint density at radius 1 is 1.58 bits per heavy atom. The van der Waals surface area contributed by atoms with Crippen LogP contribution in [0.1, 0.15) is 17.8 Å². The second kappa shape index (κ2) is 7.10. The smallest absolute Gasteiger partial charge is 0.334 e. The number of carbonyl (C=O) groups is 2. The van der Waals surface area contributed by atoms with Crippen molar-refractivity contribution in [2.24, 2.45) is 0 Å². The van der Waals surface area contributed by atoms with Crippen LogP contribution in [0.5, 0.6) is 0 Å². The number of ether oxygens (including phenoxy) is 1. The van der Waals surface area contributed by atoms with Crippen LogP contribution in [0.3, 0.4) is 0 Å². The number of aliphatic carboxylic acids is 1. The van der Waals surface area contributed by atoms with Crippen molar-refractivity contribution in [3.8, 4) is 0 Å². The molecule has 0 saturated carbocycles. The molecule has 2 atom stereocenters. The molecule has 7 heteroatoms. The van der Waals surface area contributed by atoms with E-state index in [0.29, 0.717) is 0 Å². The Morgan fingerprint density at radius 3 is 2.74 bits per heavy atom. The van der Waals surface area contributed by atoms with Gasteiger partial charge in [0.25, 0.3) is 0 Å². The molecule has 2 unspecified atom stereocenters. The molecule has 6 nitrogen and oxygen atoms in total. The monoisotopic (exact) mass is 286 g/mol. The van der Waals surface area contributed by atoms with Crippen molar-refractivity contribution >= 4 is 23.3 Å². The van der Waals surface area contributed by atoms with Crippen molar-refractivity contribution in [1.29, 1.82) is 0 Å². The average molecular weight is 286 g/mol. The first-order valence-electron chi connectivity index (χ1n) is 5.77. The van der Waals surface area contributed by atoms with Gasteiger partial charge in [0.05, 0.1) is 12.6 Å². The molecule has 2 amide bonds. The highest BCUT2D eigenvalue weighted by Crippen LogP contribution is 2.23. The molecule has 0 aromatic carbocycles. The number of rotatable bonds is 6. The average Bonchev–Trinajstić information content (AvgIpc) is 2.90. The highest BCUT2D eigenvalue weighted by atomic mass is 32.1. The first kappa shape index (κ1) is 15.5. The van der Waals surface area contributed by atoms with Crippen LogP contribution in [0.2, 0.25) is 0 Å². The molecule has 19 heavy (non-hydrogen) atoms. The fourth-order valence-corrected chi connectivity index (χ4v) is 2.30. The molecule has 2 N–H and O–H groups in total. The summed E-state index contributed by atoms with van der Waals surface area (Å²) in [6.45, 7) is 1.85. The van der Waals surface area contributed by atoms with Crippen molar-refractivity contribution in [1.82, 2.24) is 10.2 Å². The third-order valence-electron chi connectivity index (χ3n) is 2.85. The van der Waals surface area contributed by atoms with Crippen molar-refractivity contribution in [2.75, 3.05) is 20.7 Å². The number of methoxy groups -OCH3 is 1. The zero-order valence-electron chi connectivity index (χ0n) is 11.1. The Bertz CT molecular complexity index is 421. The number of amides is 2. The molecule has 0 spiro atoms. The molecular weight excluding hydrogens is 268 g/mol. The number of nitrogens with one attached hydrogen (secondary N) is 1. The Balaban J connectivity index is 2.51. The van der Waals surface area contributed by atoms with Crippen LogP contribution >= 0.6 is 11.3 Å². The van der Waals surface area contributed by atoms with Gasteiger partial charge in [0.2, 0.25) is 0 Å². The van der Waals surface area contributed by atoms with Gasteiger partial charge in [-0.15, -0.1) is 11.3 Å². The number of nitrogens with zero attached hydrogens (tertiary/aromatic N) is 1. The van der Waals surface area contributed by atoms with Gasteiger partial charge >= 0.3 is 12.0 Å². The summed E-state index contributed by atoms with van der Waals surface area (Å²) in [5.41, 5.74) is 0. The van der Waals surface area contributed by atoms with Gasteiger partial charge in [0, 0.05) is 19.0 Å². The molecule has 106 valence electrons. The number of thiophene rings is 1. The largest absolute Gasteiger partial charge is 0.479 e. The predicted octanol–water partition coefficient (Wildman–Crippen LogP) is 1.55. The maximum atomic E-state index is 11.9. The molecule has 0 radical (unpaired) electrons. The van der Waals surface area contributed by atoms with Crippen LogP contribution in [0.25, 0.3) is 0 Å². The summed E-state index contributed by atoms with van der Waals surface area (Å²) >= 11 is 1.57. The van der Waals surface area contributed by atoms with Gasteiger partial charge in [-0.05, 0) is 18.4 Å². The predicted molar refractivity (Wildman–Crippen MR) is 72.3 cm³/mol. The first-order valence-corrected chi connectivity index (χ1v) is 6.65. The van der Waals surface area contributed by atoms with E-state index in [2.05, 4.69) is 5.32 Å². The van der Waals surface area contributed by atoms with E-state index in [0.717, 1.165) is 4.88 Å². The maximum Gasteiger partial charge on any atom is 0.334 e. The summed E-state index contributed by atoms with van der Waals surface area (Å²) in [7, 11) is 2.96. The summed E-state index contributed by atoms with van der Waals surface area (Å²) in [5, 5.41) is 13.3. The minimum Gasteiger partial charge on any atom is -0.479 e. The Morgan fingerprint density at radius 2 is 2.26 bits per heavy atom. The summed E-state index contributed by atoms with van der Waals surface area (Å²) in [5.74, 6) is -1.10. The number of carboxylic acid groups (broad SMARTS) is 1. The highest BCUT2D eigenvalue weighted by Gasteiger charge is 2.21. The molecule has 0 aliphatic heterocycles. The number of carboxylic acids is 1. The van der Waals surface area contributed by atoms with Crippen molar-refractivity contribution in [2.45, 2.75) is 19.1 Å². The van der Waals surface area contributed by atoms with E-state index in [4.69, 9.17) is 9.84 Å². The van der Waals surface area contributed by atoms with Gasteiger partial charge in [0.1, 0.15) is 0 Å². The van der Waals surface area contributed by atoms with Crippen LogP contribution in [-0.4, -0.2) is 48.8 Å². The third kappa shape index (κ3) is 4.22. The molecule has 0 bridgehead atoms. The third-order valence-corrected chi connectivity index (χ3v) is 3.90. The fraction of sp³-hybridized carbons (Fsp3) is 0.500. The summed E-state index contributed by atoms with van der Waals surface area (Å²) < 4.78 is 4.74. The van der Waals surface area contributed by atoms with Gasteiger partial charge in [-0.1, -0.05) is 6.07 Å². The minimum absolute atomic E-state index is 0.0633. The molecule has 0 saturated heterocycles. The number of hydrogen-bond donors (Lipinski definition) is 2. The van der Waals surface area contributed by atoms with Gasteiger partial charge in [0.15, 0.2) is 6.10 Å². The van der Waals surface area contributed by atoms with Crippen LogP contribution < -0.4 is 5.32 Å². The lowest BCUT2D eigenvalue weighted by Crippen LogP contribution is -2.44. The molecule has 1 aromatic rings. The van der Waals surface area contributed by atoms with Gasteiger partial charge in [-0.2, -0.15) is 0 Å². The fourth-order valence-electron chi connectivity index (χ4n) is 1.47. The van der Waals surface area contributed by atoms with Crippen LogP contribution in [0.4, 0.5) is 4.79 Å². The number of hydrogen-bond acceptors (Lipinski definition) is 4. The lowest BCUT2D eigenvalue weighted by atomic mass is 10.2. The summed E-state index contributed by atoms with van der Waals surface area (Å²) in [6, 6.07) is 3.48. The van der Waals surface area contributed by atoms with Crippen LogP contribution in [0.15, 0.2) is 17.5 Å². The second-order valence-corrected chi connectivity index (χ2v) is 5.03. The van der Waals surface area contributed by atoms with Crippen molar-refractivity contribution < 1.29 is 19.4 Å². The number of carbonyl (C=O) groups excluding carboxylic acids is 1. The topological polar surface area (TPSA) is 78.9 Å². The van der Waals surface area contributed by atoms with E-state index in [9.17, 15) is 9.59 Å². The minimum atomic E-state index is -1.10. The van der Waals surface area contributed by atoms with E-state index in [1.165, 1.54) is 12.0 Å². The SMILES string of the molecule is COC(CNC(=O)N(C)C(C)c1cccs1)C(=O)O. The van der Waals surface area contributed by atoms with Crippen molar-refractivity contribution in [3.63, 3.8) is 0 Å².